The molecule has 9 heteroatoms. The number of hydrogen-bond acceptors (Lipinski definition) is 4. The van der Waals surface area contributed by atoms with Crippen LogP contribution >= 0.6 is 0 Å². The van der Waals surface area contributed by atoms with Crippen LogP contribution in [0, 0.1) is 11.6 Å². The van der Waals surface area contributed by atoms with Crippen LogP contribution in [-0.2, 0) is 29.9 Å². The summed E-state index contributed by atoms with van der Waals surface area (Å²) in [5.41, 5.74) is 3.46. The van der Waals surface area contributed by atoms with Crippen molar-refractivity contribution in [2.24, 2.45) is 7.05 Å². The van der Waals surface area contributed by atoms with Crippen LogP contribution in [0.2, 0.25) is 0 Å². The van der Waals surface area contributed by atoms with Crippen LogP contribution in [0.1, 0.15) is 34.1 Å². The summed E-state index contributed by atoms with van der Waals surface area (Å²) in [6.07, 6.45) is 4.14. The number of aryl methyl sites for hydroxylation is 1. The van der Waals surface area contributed by atoms with E-state index in [4.69, 9.17) is 0 Å². The zero-order valence-corrected chi connectivity index (χ0v) is 19.3. The van der Waals surface area contributed by atoms with Gasteiger partial charge in [-0.1, -0.05) is 18.2 Å². The maximum atomic E-state index is 15.1. The van der Waals surface area contributed by atoms with Crippen LogP contribution in [0.15, 0.2) is 53.7 Å². The van der Waals surface area contributed by atoms with Crippen LogP contribution in [0.3, 0.4) is 0 Å². The van der Waals surface area contributed by atoms with Crippen molar-refractivity contribution in [3.8, 4) is 0 Å². The molecule has 2 unspecified atom stereocenters. The Labute approximate surface area is 192 Å². The number of halogens is 2. The third kappa shape index (κ3) is 3.98. The Bertz CT molecular complexity index is 1300. The highest BCUT2D eigenvalue weighted by molar-refractivity contribution is 7.89. The summed E-state index contributed by atoms with van der Waals surface area (Å²) >= 11 is 0. The highest BCUT2D eigenvalue weighted by Gasteiger charge is 2.40. The molecule has 3 aromatic rings. The number of fused-ring (bicyclic) bond motifs is 1. The molecule has 2 aliphatic rings. The minimum absolute atomic E-state index is 0.0847. The fourth-order valence-corrected chi connectivity index (χ4v) is 6.58. The molecule has 1 aliphatic heterocycles. The second-order valence-electron chi connectivity index (χ2n) is 8.98. The lowest BCUT2D eigenvalue weighted by Crippen LogP contribution is -2.48. The van der Waals surface area contributed by atoms with Crippen LogP contribution in [-0.4, -0.2) is 48.7 Å². The van der Waals surface area contributed by atoms with E-state index in [-0.39, 0.29) is 47.5 Å². The molecular weight excluding hydrogens is 446 g/mol. The van der Waals surface area contributed by atoms with E-state index in [0.29, 0.717) is 18.4 Å². The van der Waals surface area contributed by atoms with E-state index >= 15 is 4.39 Å². The van der Waals surface area contributed by atoms with E-state index in [1.54, 1.807) is 25.2 Å². The fourth-order valence-electron chi connectivity index (χ4n) is 5.07. The Kier molecular flexibility index (Phi) is 5.58. The largest absolute Gasteiger partial charge is 0.316 e. The maximum Gasteiger partial charge on any atom is 0.246 e. The van der Waals surface area contributed by atoms with Crippen LogP contribution in [0.5, 0.6) is 0 Å². The number of sulfonamides is 1. The number of aromatic nitrogens is 2. The summed E-state index contributed by atoms with van der Waals surface area (Å²) < 4.78 is 57.1. The average molecular weight is 473 g/mol. The Hall–Kier alpha value is -2.62. The summed E-state index contributed by atoms with van der Waals surface area (Å²) in [5, 5.41) is 7.27. The van der Waals surface area contributed by atoms with Crippen LogP contribution in [0.4, 0.5) is 8.78 Å². The van der Waals surface area contributed by atoms with Gasteiger partial charge in [0.25, 0.3) is 0 Å². The monoisotopic (exact) mass is 472 g/mol. The van der Waals surface area contributed by atoms with E-state index in [0.717, 1.165) is 16.7 Å². The van der Waals surface area contributed by atoms with E-state index in [1.165, 1.54) is 27.4 Å². The lowest BCUT2D eigenvalue weighted by molar-refractivity contribution is 0.259. The lowest BCUT2D eigenvalue weighted by Gasteiger charge is -2.38. The minimum atomic E-state index is -3.63. The molecular formula is C24H26F2N4O2S. The summed E-state index contributed by atoms with van der Waals surface area (Å²) in [6, 6.07) is 10.2. The second kappa shape index (κ2) is 8.30. The average Bonchev–Trinajstić information content (AvgIpc) is 3.31. The Balaban J connectivity index is 1.39. The molecule has 6 nitrogen and oxygen atoms in total. The van der Waals surface area contributed by atoms with E-state index in [1.807, 2.05) is 19.2 Å². The minimum Gasteiger partial charge on any atom is -0.316 e. The molecule has 0 bridgehead atoms. The zero-order valence-electron chi connectivity index (χ0n) is 18.5. The lowest BCUT2D eigenvalue weighted by atomic mass is 9.86. The fraction of sp³-hybridized carbons (Fsp3) is 0.375. The van der Waals surface area contributed by atoms with Gasteiger partial charge in [0.1, 0.15) is 16.5 Å². The van der Waals surface area contributed by atoms with Crippen molar-refractivity contribution in [1.29, 1.82) is 0 Å². The Morgan fingerprint density at radius 1 is 1.15 bits per heavy atom. The van der Waals surface area contributed by atoms with Gasteiger partial charge in [0.2, 0.25) is 10.0 Å². The van der Waals surface area contributed by atoms with Crippen molar-refractivity contribution in [3.05, 3.63) is 82.7 Å². The highest BCUT2D eigenvalue weighted by Crippen LogP contribution is 2.41. The summed E-state index contributed by atoms with van der Waals surface area (Å²) in [4.78, 5) is 0.143. The van der Waals surface area contributed by atoms with Crippen LogP contribution in [0.25, 0.3) is 0 Å². The first-order valence-electron chi connectivity index (χ1n) is 11.0. The van der Waals surface area contributed by atoms with Crippen molar-refractivity contribution in [3.63, 3.8) is 0 Å². The third-order valence-corrected chi connectivity index (χ3v) is 8.69. The van der Waals surface area contributed by atoms with Crippen molar-refractivity contribution in [2.75, 3.05) is 20.1 Å². The number of hydrogen-bond donors (Lipinski definition) is 1. The van der Waals surface area contributed by atoms with Gasteiger partial charge >= 0.3 is 0 Å². The molecule has 1 fully saturated rings. The van der Waals surface area contributed by atoms with Gasteiger partial charge in [-0.3, -0.25) is 4.68 Å². The molecule has 5 rings (SSSR count). The predicted octanol–water partition coefficient (Wildman–Crippen LogP) is 2.96. The molecule has 2 atom stereocenters. The van der Waals surface area contributed by atoms with E-state index in [9.17, 15) is 12.8 Å². The molecule has 0 amide bonds. The van der Waals surface area contributed by atoms with Gasteiger partial charge in [0.05, 0.1) is 6.20 Å². The van der Waals surface area contributed by atoms with E-state index in [2.05, 4.69) is 10.4 Å². The predicted molar refractivity (Wildman–Crippen MR) is 121 cm³/mol. The van der Waals surface area contributed by atoms with Gasteiger partial charge in [-0.15, -0.1) is 0 Å². The van der Waals surface area contributed by atoms with Crippen LogP contribution < -0.4 is 5.32 Å². The van der Waals surface area contributed by atoms with E-state index < -0.39 is 10.0 Å². The van der Waals surface area contributed by atoms with Crippen molar-refractivity contribution < 1.29 is 17.2 Å². The molecule has 0 radical (unpaired) electrons. The molecule has 2 heterocycles. The molecule has 33 heavy (non-hydrogen) atoms. The highest BCUT2D eigenvalue weighted by atomic mass is 32.2. The van der Waals surface area contributed by atoms with Gasteiger partial charge in [0.15, 0.2) is 0 Å². The standard InChI is InChI=1S/C24H26F2N4O2S/c1-27-24-9-16-8-23(26)21(10-20(16)22(24)7-15-4-3-5-18(25)6-15)17-12-30(13-17)33(31,32)19-11-28-29(2)14-19/h3-6,8,10-11,14,17,22,24,27H,7,9,12-13H2,1-2H3. The number of benzene rings is 2. The summed E-state index contributed by atoms with van der Waals surface area (Å²) in [5.74, 6) is -0.680. The Morgan fingerprint density at radius 2 is 1.94 bits per heavy atom. The third-order valence-electron chi connectivity index (χ3n) is 6.91. The molecule has 2 aromatic carbocycles. The summed E-state index contributed by atoms with van der Waals surface area (Å²) in [7, 11) is -0.0813. The van der Waals surface area contributed by atoms with Gasteiger partial charge in [-0.2, -0.15) is 9.40 Å². The first-order chi connectivity index (χ1) is 15.8. The smallest absolute Gasteiger partial charge is 0.246 e. The molecule has 1 aromatic heterocycles. The zero-order chi connectivity index (χ0) is 23.3. The number of likely N-dealkylation sites (N-methyl/N-ethyl adjacent to an activating group) is 1. The van der Waals surface area contributed by atoms with Crippen molar-refractivity contribution in [1.82, 2.24) is 19.4 Å². The molecule has 0 saturated carbocycles. The number of nitrogens with one attached hydrogen (secondary N) is 1. The maximum absolute atomic E-state index is 15.1. The molecule has 1 saturated heterocycles. The van der Waals surface area contributed by atoms with Gasteiger partial charge < -0.3 is 5.32 Å². The SMILES string of the molecule is CNC1Cc2cc(F)c(C3CN(S(=O)(=O)c4cnn(C)c4)C3)cc2C1Cc1cccc(F)c1. The normalized spacial score (nSPS) is 21.2. The summed E-state index contributed by atoms with van der Waals surface area (Å²) in [6.45, 7) is 0.466. The van der Waals surface area contributed by atoms with Gasteiger partial charge in [-0.05, 0) is 60.3 Å². The van der Waals surface area contributed by atoms with Crippen molar-refractivity contribution >= 4 is 10.0 Å². The second-order valence-corrected chi connectivity index (χ2v) is 10.9. The quantitative estimate of drug-likeness (QED) is 0.599. The Morgan fingerprint density at radius 3 is 2.61 bits per heavy atom. The number of rotatable bonds is 6. The molecule has 0 spiro atoms. The first kappa shape index (κ1) is 22.2. The van der Waals surface area contributed by atoms with Gasteiger partial charge in [-0.25, -0.2) is 17.2 Å². The topological polar surface area (TPSA) is 67.2 Å². The van der Waals surface area contributed by atoms with Crippen molar-refractivity contribution in [2.45, 2.75) is 35.6 Å². The van der Waals surface area contributed by atoms with Gasteiger partial charge in [0, 0.05) is 44.2 Å². The molecule has 174 valence electrons. The first-order valence-corrected chi connectivity index (χ1v) is 12.4. The molecule has 1 N–H and O–H groups in total. The number of nitrogens with zero attached hydrogens (tertiary/aromatic N) is 3. The molecule has 1 aliphatic carbocycles.